The van der Waals surface area contributed by atoms with E-state index in [9.17, 15) is 0 Å². The highest BCUT2D eigenvalue weighted by Crippen LogP contribution is 2.23. The predicted octanol–water partition coefficient (Wildman–Crippen LogP) is 2.39. The summed E-state index contributed by atoms with van der Waals surface area (Å²) < 4.78 is 0. The number of likely N-dealkylation sites (tertiary alicyclic amines) is 1. The molecule has 16 heavy (non-hydrogen) atoms. The molecule has 1 aromatic carbocycles. The van der Waals surface area contributed by atoms with Crippen LogP contribution >= 0.6 is 0 Å². The quantitative estimate of drug-likeness (QED) is 0.840. The van der Waals surface area contributed by atoms with Gasteiger partial charge >= 0.3 is 0 Å². The molecule has 0 amide bonds. The van der Waals surface area contributed by atoms with Crippen molar-refractivity contribution in [3.63, 3.8) is 0 Å². The summed E-state index contributed by atoms with van der Waals surface area (Å²) in [6.07, 6.45) is 3.77. The van der Waals surface area contributed by atoms with Crippen molar-refractivity contribution in [3.05, 3.63) is 35.9 Å². The van der Waals surface area contributed by atoms with E-state index in [2.05, 4.69) is 42.2 Å². The highest BCUT2D eigenvalue weighted by Gasteiger charge is 2.24. The van der Waals surface area contributed by atoms with E-state index < -0.39 is 0 Å². The summed E-state index contributed by atoms with van der Waals surface area (Å²) in [6, 6.07) is 11.7. The lowest BCUT2D eigenvalue weighted by atomic mass is 10.1. The van der Waals surface area contributed by atoms with Crippen molar-refractivity contribution in [1.82, 2.24) is 4.90 Å². The lowest BCUT2D eigenvalue weighted by Gasteiger charge is -2.25. The Bertz CT molecular complexity index is 308. The van der Waals surface area contributed by atoms with Crippen molar-refractivity contribution in [3.8, 4) is 0 Å². The summed E-state index contributed by atoms with van der Waals surface area (Å²) in [5, 5.41) is 0. The van der Waals surface area contributed by atoms with Gasteiger partial charge in [-0.15, -0.1) is 0 Å². The zero-order valence-corrected chi connectivity index (χ0v) is 10.1. The summed E-state index contributed by atoms with van der Waals surface area (Å²) in [4.78, 5) is 2.58. The van der Waals surface area contributed by atoms with Crippen LogP contribution in [0.2, 0.25) is 0 Å². The molecule has 0 saturated carbocycles. The molecule has 0 spiro atoms. The van der Waals surface area contributed by atoms with Gasteiger partial charge in [0.2, 0.25) is 0 Å². The normalized spacial score (nSPS) is 23.5. The second-order valence-electron chi connectivity index (χ2n) is 4.97. The third-order valence-corrected chi connectivity index (χ3v) is 3.37. The first-order chi connectivity index (χ1) is 7.75. The van der Waals surface area contributed by atoms with Crippen molar-refractivity contribution < 1.29 is 0 Å². The molecule has 1 aliphatic rings. The number of hydrogen-bond acceptors (Lipinski definition) is 2. The van der Waals surface area contributed by atoms with E-state index in [-0.39, 0.29) is 0 Å². The average Bonchev–Trinajstić information content (AvgIpc) is 2.66. The first-order valence-corrected chi connectivity index (χ1v) is 6.29. The van der Waals surface area contributed by atoms with Gasteiger partial charge in [-0.05, 0) is 38.3 Å². The second-order valence-corrected chi connectivity index (χ2v) is 4.97. The number of hydrogen-bond donors (Lipinski definition) is 1. The van der Waals surface area contributed by atoms with Crippen LogP contribution in [-0.2, 0) is 6.54 Å². The second kappa shape index (κ2) is 5.46. The Morgan fingerprint density at radius 3 is 2.81 bits per heavy atom. The Labute approximate surface area is 98.4 Å². The third-order valence-electron chi connectivity index (χ3n) is 3.37. The molecular formula is C14H22N2. The Balaban J connectivity index is 1.93. The molecule has 2 rings (SSSR count). The van der Waals surface area contributed by atoms with E-state index in [4.69, 9.17) is 5.73 Å². The summed E-state index contributed by atoms with van der Waals surface area (Å²) >= 11 is 0. The molecule has 0 aromatic heterocycles. The molecule has 1 unspecified atom stereocenters. The maximum Gasteiger partial charge on any atom is 0.0236 e. The van der Waals surface area contributed by atoms with Gasteiger partial charge in [-0.2, -0.15) is 0 Å². The van der Waals surface area contributed by atoms with Crippen LogP contribution in [0.5, 0.6) is 0 Å². The Morgan fingerprint density at radius 2 is 2.12 bits per heavy atom. The van der Waals surface area contributed by atoms with Crippen molar-refractivity contribution in [2.75, 3.05) is 6.54 Å². The van der Waals surface area contributed by atoms with E-state index in [1.807, 2.05) is 0 Å². The number of rotatable bonds is 4. The minimum Gasteiger partial charge on any atom is -0.328 e. The van der Waals surface area contributed by atoms with Gasteiger partial charge in [0.05, 0.1) is 0 Å². The average molecular weight is 218 g/mol. The van der Waals surface area contributed by atoms with E-state index in [0.717, 1.165) is 13.0 Å². The predicted molar refractivity (Wildman–Crippen MR) is 68.1 cm³/mol. The number of benzene rings is 1. The molecule has 1 aromatic rings. The summed E-state index contributed by atoms with van der Waals surface area (Å²) in [5.41, 5.74) is 7.32. The Kier molecular flexibility index (Phi) is 3.97. The standard InChI is InChI=1S/C14H22N2/c1-12(15)10-14-8-5-9-16(14)11-13-6-3-2-4-7-13/h2-4,6-7,12,14H,5,8-11,15H2,1H3/t12-,14?/m1/s1. The van der Waals surface area contributed by atoms with Crippen LogP contribution in [0.4, 0.5) is 0 Å². The van der Waals surface area contributed by atoms with Crippen molar-refractivity contribution >= 4 is 0 Å². The molecule has 2 N–H and O–H groups in total. The summed E-state index contributed by atoms with van der Waals surface area (Å²) in [7, 11) is 0. The molecule has 0 bridgehead atoms. The van der Waals surface area contributed by atoms with Crippen LogP contribution in [-0.4, -0.2) is 23.5 Å². The molecule has 1 heterocycles. The molecule has 2 heteroatoms. The van der Waals surface area contributed by atoms with Gasteiger partial charge in [-0.1, -0.05) is 30.3 Å². The van der Waals surface area contributed by atoms with Crippen LogP contribution < -0.4 is 5.73 Å². The van der Waals surface area contributed by atoms with Gasteiger partial charge in [0.1, 0.15) is 0 Å². The van der Waals surface area contributed by atoms with E-state index in [0.29, 0.717) is 12.1 Å². The van der Waals surface area contributed by atoms with Gasteiger partial charge < -0.3 is 5.73 Å². The summed E-state index contributed by atoms with van der Waals surface area (Å²) in [6.45, 7) is 4.42. The molecule has 1 aliphatic heterocycles. The van der Waals surface area contributed by atoms with Gasteiger partial charge in [0.25, 0.3) is 0 Å². The number of nitrogens with zero attached hydrogens (tertiary/aromatic N) is 1. The molecular weight excluding hydrogens is 196 g/mol. The first-order valence-electron chi connectivity index (χ1n) is 6.29. The molecule has 1 saturated heterocycles. The fourth-order valence-electron chi connectivity index (χ4n) is 2.62. The van der Waals surface area contributed by atoms with Crippen molar-refractivity contribution in [2.24, 2.45) is 5.73 Å². The molecule has 0 radical (unpaired) electrons. The van der Waals surface area contributed by atoms with Crippen molar-refractivity contribution in [1.29, 1.82) is 0 Å². The molecule has 0 aliphatic carbocycles. The summed E-state index contributed by atoms with van der Waals surface area (Å²) in [5.74, 6) is 0. The largest absolute Gasteiger partial charge is 0.328 e. The highest BCUT2D eigenvalue weighted by molar-refractivity contribution is 5.14. The minimum atomic E-state index is 0.321. The highest BCUT2D eigenvalue weighted by atomic mass is 15.2. The van der Waals surface area contributed by atoms with Crippen LogP contribution in [0.15, 0.2) is 30.3 Å². The molecule has 2 nitrogen and oxygen atoms in total. The molecule has 88 valence electrons. The fraction of sp³-hybridized carbons (Fsp3) is 0.571. The van der Waals surface area contributed by atoms with Gasteiger partial charge in [-0.25, -0.2) is 0 Å². The molecule has 2 atom stereocenters. The molecule has 1 fully saturated rings. The maximum absolute atomic E-state index is 5.90. The lowest BCUT2D eigenvalue weighted by Crippen LogP contribution is -2.33. The number of nitrogens with two attached hydrogens (primary N) is 1. The minimum absolute atomic E-state index is 0.321. The Hall–Kier alpha value is -0.860. The van der Waals surface area contributed by atoms with Crippen LogP contribution in [0.25, 0.3) is 0 Å². The van der Waals surface area contributed by atoms with E-state index >= 15 is 0 Å². The van der Waals surface area contributed by atoms with Crippen LogP contribution in [0.1, 0.15) is 31.7 Å². The fourth-order valence-corrected chi connectivity index (χ4v) is 2.62. The zero-order valence-electron chi connectivity index (χ0n) is 10.1. The first kappa shape index (κ1) is 11.6. The van der Waals surface area contributed by atoms with Gasteiger partial charge in [-0.3, -0.25) is 4.90 Å². The van der Waals surface area contributed by atoms with Crippen LogP contribution in [0, 0.1) is 0 Å². The Morgan fingerprint density at radius 1 is 1.38 bits per heavy atom. The van der Waals surface area contributed by atoms with Gasteiger partial charge in [0.15, 0.2) is 0 Å². The van der Waals surface area contributed by atoms with Crippen molar-refractivity contribution in [2.45, 2.75) is 44.8 Å². The third kappa shape index (κ3) is 3.06. The van der Waals surface area contributed by atoms with E-state index in [1.54, 1.807) is 0 Å². The lowest BCUT2D eigenvalue weighted by molar-refractivity contribution is 0.227. The van der Waals surface area contributed by atoms with E-state index in [1.165, 1.54) is 24.9 Å². The maximum atomic E-state index is 5.90. The smallest absolute Gasteiger partial charge is 0.0236 e. The van der Waals surface area contributed by atoms with Crippen LogP contribution in [0.3, 0.4) is 0 Å². The zero-order chi connectivity index (χ0) is 11.4. The monoisotopic (exact) mass is 218 g/mol. The van der Waals surface area contributed by atoms with Gasteiger partial charge in [0, 0.05) is 18.6 Å². The SMILES string of the molecule is C[C@@H](N)CC1CCCN1Cc1ccccc1. The topological polar surface area (TPSA) is 29.3 Å².